The zero-order valence-corrected chi connectivity index (χ0v) is 16.6. The largest absolute Gasteiger partial charge is 4.00 e. The second-order valence-electron chi connectivity index (χ2n) is 6.40. The van der Waals surface area contributed by atoms with Crippen LogP contribution in [0.25, 0.3) is 0 Å². The zero-order chi connectivity index (χ0) is 13.9. The van der Waals surface area contributed by atoms with E-state index < -0.39 is 0 Å². The molecular weight excluding hydrogens is 357 g/mol. The van der Waals surface area contributed by atoms with Gasteiger partial charge in [-0.25, -0.2) is 17.7 Å². The Balaban J connectivity index is 0. The minimum Gasteiger partial charge on any atom is -1.00 e. The molecule has 0 saturated heterocycles. The van der Waals surface area contributed by atoms with Crippen LogP contribution in [0, 0.1) is 23.5 Å². The number of hydrogen-bond acceptors (Lipinski definition) is 0. The van der Waals surface area contributed by atoms with Crippen molar-refractivity contribution in [2.75, 3.05) is 0 Å². The standard InChI is InChI=1S/C14H21.C5H5.2FH.Zr/c1-10-11(2)14(3,4)9-13(10)12-7-5-6-8-12;1-2-4-5-3-1;;;/h12H,5-8H2,1-4H3;1-3H,4H2;2*1H;/q2*-1;;;+4/p-2. The first-order chi connectivity index (χ1) is 9.02. The van der Waals surface area contributed by atoms with Crippen molar-refractivity contribution in [3.05, 3.63) is 47.1 Å². The predicted octanol–water partition coefficient (Wildman–Crippen LogP) is -0.406. The van der Waals surface area contributed by atoms with Crippen LogP contribution in [-0.2, 0) is 26.2 Å². The molecule has 0 aromatic carbocycles. The summed E-state index contributed by atoms with van der Waals surface area (Å²) in [6.45, 7) is 9.12. The topological polar surface area (TPSA) is 0 Å². The van der Waals surface area contributed by atoms with Gasteiger partial charge in [0.15, 0.2) is 0 Å². The Kier molecular flexibility index (Phi) is 11.4. The van der Waals surface area contributed by atoms with E-state index in [2.05, 4.69) is 45.9 Å². The van der Waals surface area contributed by atoms with Crippen molar-refractivity contribution in [3.63, 3.8) is 0 Å². The van der Waals surface area contributed by atoms with Crippen molar-refractivity contribution in [2.45, 2.75) is 59.8 Å². The average molecular weight is 384 g/mol. The summed E-state index contributed by atoms with van der Waals surface area (Å²) in [4.78, 5) is 0. The van der Waals surface area contributed by atoms with Gasteiger partial charge in [0.05, 0.1) is 0 Å². The van der Waals surface area contributed by atoms with E-state index in [0.29, 0.717) is 0 Å². The minimum atomic E-state index is 0. The van der Waals surface area contributed by atoms with Crippen LogP contribution in [0.15, 0.2) is 34.9 Å². The quantitative estimate of drug-likeness (QED) is 0.540. The van der Waals surface area contributed by atoms with Gasteiger partial charge in [0, 0.05) is 0 Å². The number of allylic oxidation sites excluding steroid dienone is 8. The molecule has 0 atom stereocenters. The third-order valence-electron chi connectivity index (χ3n) is 4.70. The van der Waals surface area contributed by atoms with Gasteiger partial charge in [-0.05, 0) is 18.8 Å². The van der Waals surface area contributed by atoms with Crippen molar-refractivity contribution in [1.29, 1.82) is 0 Å². The van der Waals surface area contributed by atoms with E-state index in [1.807, 2.05) is 12.2 Å². The fraction of sp³-hybridized carbons (Fsp3) is 0.579. The van der Waals surface area contributed by atoms with E-state index in [0.717, 1.165) is 12.3 Å². The van der Waals surface area contributed by atoms with Gasteiger partial charge in [-0.2, -0.15) is 17.2 Å². The van der Waals surface area contributed by atoms with Crippen LogP contribution in [0.3, 0.4) is 0 Å². The summed E-state index contributed by atoms with van der Waals surface area (Å²) >= 11 is 0. The molecule has 3 aliphatic rings. The van der Waals surface area contributed by atoms with Crippen molar-refractivity contribution in [1.82, 2.24) is 0 Å². The molecule has 0 nitrogen and oxygen atoms in total. The first kappa shape index (κ1) is 24.0. The molecule has 3 heteroatoms. The van der Waals surface area contributed by atoms with Gasteiger partial charge in [-0.3, -0.25) is 12.2 Å². The van der Waals surface area contributed by atoms with Gasteiger partial charge in [-0.1, -0.05) is 39.0 Å². The van der Waals surface area contributed by atoms with E-state index in [1.165, 1.54) is 36.8 Å². The molecule has 1 saturated carbocycles. The maximum Gasteiger partial charge on any atom is 4.00 e. The Morgan fingerprint density at radius 2 is 1.68 bits per heavy atom. The van der Waals surface area contributed by atoms with Gasteiger partial charge in [-0.15, -0.1) is 13.3 Å². The predicted molar refractivity (Wildman–Crippen MR) is 82.4 cm³/mol. The first-order valence-electron chi connectivity index (χ1n) is 7.57. The molecule has 1 fully saturated rings. The van der Waals surface area contributed by atoms with E-state index in [9.17, 15) is 0 Å². The molecule has 0 bridgehead atoms. The van der Waals surface area contributed by atoms with Crippen LogP contribution in [0.2, 0.25) is 0 Å². The fourth-order valence-electron chi connectivity index (χ4n) is 3.16. The molecule has 120 valence electrons. The number of rotatable bonds is 1. The molecule has 3 aliphatic carbocycles. The van der Waals surface area contributed by atoms with Crippen molar-refractivity contribution < 1.29 is 35.6 Å². The monoisotopic (exact) mass is 382 g/mol. The first-order valence-corrected chi connectivity index (χ1v) is 7.57. The summed E-state index contributed by atoms with van der Waals surface area (Å²) in [6, 6.07) is 0. The maximum atomic E-state index is 3.71. The molecule has 0 heterocycles. The summed E-state index contributed by atoms with van der Waals surface area (Å²) < 4.78 is 0. The van der Waals surface area contributed by atoms with E-state index >= 15 is 0 Å². The van der Waals surface area contributed by atoms with Crippen LogP contribution in [-0.4, -0.2) is 0 Å². The normalized spacial score (nSPS) is 21.4. The van der Waals surface area contributed by atoms with Crippen molar-refractivity contribution in [2.24, 2.45) is 11.3 Å². The summed E-state index contributed by atoms with van der Waals surface area (Å²) in [7, 11) is 0. The summed E-state index contributed by atoms with van der Waals surface area (Å²) in [5.74, 6) is 0.826. The Labute approximate surface area is 153 Å². The molecule has 3 rings (SSSR count). The zero-order valence-electron chi connectivity index (χ0n) is 14.1. The number of halogens is 2. The molecule has 0 spiro atoms. The van der Waals surface area contributed by atoms with Gasteiger partial charge in [0.1, 0.15) is 0 Å². The molecule has 0 aromatic heterocycles. The molecular formula is C19H26F2Zr. The van der Waals surface area contributed by atoms with Gasteiger partial charge >= 0.3 is 26.2 Å². The third kappa shape index (κ3) is 5.72. The Morgan fingerprint density at radius 3 is 2.00 bits per heavy atom. The van der Waals surface area contributed by atoms with Gasteiger partial charge in [0.25, 0.3) is 0 Å². The summed E-state index contributed by atoms with van der Waals surface area (Å²) in [6.07, 6.45) is 19.3. The van der Waals surface area contributed by atoms with Gasteiger partial charge < -0.3 is 9.41 Å². The van der Waals surface area contributed by atoms with Crippen LogP contribution < -0.4 is 9.41 Å². The van der Waals surface area contributed by atoms with Gasteiger partial charge in [0.2, 0.25) is 0 Å². The molecule has 0 radical (unpaired) electrons. The summed E-state index contributed by atoms with van der Waals surface area (Å²) in [5, 5.41) is 0. The van der Waals surface area contributed by atoms with Crippen LogP contribution >= 0.6 is 0 Å². The smallest absolute Gasteiger partial charge is 1.00 e. The molecule has 0 unspecified atom stereocenters. The summed E-state index contributed by atoms with van der Waals surface area (Å²) in [5.41, 5.74) is 4.80. The fourth-order valence-corrected chi connectivity index (χ4v) is 3.16. The Hall–Kier alpha value is -0.297. The molecule has 0 aliphatic heterocycles. The average Bonchev–Trinajstić information content (AvgIpc) is 3.09. The maximum absolute atomic E-state index is 3.71. The molecule has 22 heavy (non-hydrogen) atoms. The Bertz CT molecular complexity index is 440. The molecule has 0 amide bonds. The SMILES string of the molecule is CC1=C(C)C(C)(C)[C-]=C1C1CCCC1.[C-]1=CC=CC1.[F-].[F-].[Zr+4]. The second kappa shape index (κ2) is 10.5. The molecule has 0 N–H and O–H groups in total. The van der Waals surface area contributed by atoms with Crippen molar-refractivity contribution >= 4 is 0 Å². The van der Waals surface area contributed by atoms with Crippen LogP contribution in [0.4, 0.5) is 0 Å². The van der Waals surface area contributed by atoms with Crippen LogP contribution in [0.1, 0.15) is 59.8 Å². The van der Waals surface area contributed by atoms with Crippen molar-refractivity contribution in [3.8, 4) is 0 Å². The van der Waals surface area contributed by atoms with E-state index in [4.69, 9.17) is 0 Å². The minimum absolute atomic E-state index is 0. The molecule has 0 aromatic rings. The second-order valence-corrected chi connectivity index (χ2v) is 6.40. The van der Waals surface area contributed by atoms with E-state index in [-0.39, 0.29) is 41.0 Å². The third-order valence-corrected chi connectivity index (χ3v) is 4.70. The van der Waals surface area contributed by atoms with E-state index in [1.54, 1.807) is 5.57 Å². The van der Waals surface area contributed by atoms with Crippen LogP contribution in [0.5, 0.6) is 0 Å². The number of hydrogen-bond donors (Lipinski definition) is 0. The Morgan fingerprint density at radius 1 is 1.09 bits per heavy atom.